The van der Waals surface area contributed by atoms with Gasteiger partial charge in [0, 0.05) is 13.1 Å². The van der Waals surface area contributed by atoms with Gasteiger partial charge in [0.15, 0.2) is 0 Å². The molecular formula is C16H19N2. The first-order chi connectivity index (χ1) is 8.84. The molecule has 0 spiro atoms. The third-order valence-corrected chi connectivity index (χ3v) is 2.87. The Bertz CT molecular complexity index is 448. The van der Waals surface area contributed by atoms with Gasteiger partial charge >= 0.3 is 0 Å². The average molecular weight is 239 g/mol. The summed E-state index contributed by atoms with van der Waals surface area (Å²) in [5.41, 5.74) is 11.3. The molecule has 0 aliphatic rings. The number of nitrogens with zero attached hydrogens (tertiary/aromatic N) is 1. The predicted octanol–water partition coefficient (Wildman–Crippen LogP) is 2.85. The lowest BCUT2D eigenvalue weighted by atomic mass is 10.1. The Morgan fingerprint density at radius 3 is 2.33 bits per heavy atom. The van der Waals surface area contributed by atoms with Crippen LogP contribution in [0.1, 0.15) is 16.7 Å². The van der Waals surface area contributed by atoms with Crippen LogP contribution in [0.15, 0.2) is 54.6 Å². The second-order valence-electron chi connectivity index (χ2n) is 4.44. The summed E-state index contributed by atoms with van der Waals surface area (Å²) in [6, 6.07) is 18.9. The van der Waals surface area contributed by atoms with Gasteiger partial charge in [0.25, 0.3) is 0 Å². The number of hydrogen-bond acceptors (Lipinski definition) is 1. The van der Waals surface area contributed by atoms with Crippen LogP contribution in [0, 0.1) is 6.92 Å². The summed E-state index contributed by atoms with van der Waals surface area (Å²) >= 11 is 0. The van der Waals surface area contributed by atoms with Crippen molar-refractivity contribution in [2.75, 3.05) is 6.54 Å². The Morgan fingerprint density at radius 1 is 0.889 bits per heavy atom. The molecule has 0 saturated heterocycles. The molecule has 1 N–H and O–H groups in total. The standard InChI is InChI=1S/C16H19N2/c1-14-7-9-15(10-8-14)11-12-17-18-13-16-5-3-2-4-6-16/h2-10,18H,11-13H2,1H3. The van der Waals surface area contributed by atoms with Crippen molar-refractivity contribution in [3.05, 3.63) is 71.3 Å². The average Bonchev–Trinajstić information content (AvgIpc) is 2.42. The fourth-order valence-electron chi connectivity index (χ4n) is 1.76. The van der Waals surface area contributed by atoms with Gasteiger partial charge in [0.2, 0.25) is 0 Å². The molecule has 0 unspecified atom stereocenters. The van der Waals surface area contributed by atoms with Crippen LogP contribution >= 0.6 is 0 Å². The van der Waals surface area contributed by atoms with E-state index in [2.05, 4.69) is 54.2 Å². The van der Waals surface area contributed by atoms with E-state index in [-0.39, 0.29) is 0 Å². The molecule has 0 heterocycles. The maximum atomic E-state index is 4.33. The SMILES string of the molecule is Cc1ccc(CC[N]NCc2ccccc2)cc1. The van der Waals surface area contributed by atoms with Gasteiger partial charge in [0.1, 0.15) is 0 Å². The van der Waals surface area contributed by atoms with Crippen molar-refractivity contribution >= 4 is 0 Å². The molecule has 0 atom stereocenters. The molecule has 2 heteroatoms. The zero-order valence-electron chi connectivity index (χ0n) is 10.8. The highest BCUT2D eigenvalue weighted by molar-refractivity contribution is 5.21. The van der Waals surface area contributed by atoms with Crippen LogP contribution in [0.4, 0.5) is 0 Å². The summed E-state index contributed by atoms with van der Waals surface area (Å²) in [5, 5.41) is 0. The van der Waals surface area contributed by atoms with Gasteiger partial charge in [-0.1, -0.05) is 60.2 Å². The van der Waals surface area contributed by atoms with Gasteiger partial charge in [-0.15, -0.1) is 0 Å². The van der Waals surface area contributed by atoms with Gasteiger partial charge in [0.05, 0.1) is 0 Å². The van der Waals surface area contributed by atoms with E-state index in [4.69, 9.17) is 0 Å². The highest BCUT2D eigenvalue weighted by Crippen LogP contribution is 2.03. The lowest BCUT2D eigenvalue weighted by Gasteiger charge is -2.05. The molecule has 2 rings (SSSR count). The lowest BCUT2D eigenvalue weighted by Crippen LogP contribution is -2.25. The normalized spacial score (nSPS) is 10.5. The number of aryl methyl sites for hydroxylation is 1. The smallest absolute Gasteiger partial charge is 0.0367 e. The summed E-state index contributed by atoms with van der Waals surface area (Å²) in [7, 11) is 0. The zero-order valence-corrected chi connectivity index (χ0v) is 10.8. The number of nitrogens with one attached hydrogen (secondary N) is 1. The largest absolute Gasteiger partial charge is 0.236 e. The lowest BCUT2D eigenvalue weighted by molar-refractivity contribution is 0.521. The molecular weight excluding hydrogens is 220 g/mol. The van der Waals surface area contributed by atoms with Crippen LogP contribution in [-0.2, 0) is 13.0 Å². The number of benzene rings is 2. The number of hydrogen-bond donors (Lipinski definition) is 1. The molecule has 0 amide bonds. The minimum absolute atomic E-state index is 0.800. The van der Waals surface area contributed by atoms with Gasteiger partial charge in [-0.3, -0.25) is 0 Å². The molecule has 0 aliphatic heterocycles. The Hall–Kier alpha value is -1.64. The van der Waals surface area contributed by atoms with E-state index < -0.39 is 0 Å². The second-order valence-corrected chi connectivity index (χ2v) is 4.44. The minimum Gasteiger partial charge on any atom is -0.236 e. The van der Waals surface area contributed by atoms with E-state index in [0.717, 1.165) is 19.5 Å². The van der Waals surface area contributed by atoms with Crippen LogP contribution < -0.4 is 10.9 Å². The topological polar surface area (TPSA) is 26.1 Å². The van der Waals surface area contributed by atoms with Crippen molar-refractivity contribution < 1.29 is 0 Å². The summed E-state index contributed by atoms with van der Waals surface area (Å²) in [4.78, 5) is 0. The molecule has 0 fully saturated rings. The zero-order chi connectivity index (χ0) is 12.6. The molecule has 0 saturated carbocycles. The van der Waals surface area contributed by atoms with E-state index in [1.165, 1.54) is 16.7 Å². The van der Waals surface area contributed by atoms with Crippen LogP contribution in [0.3, 0.4) is 0 Å². The van der Waals surface area contributed by atoms with Crippen molar-refractivity contribution in [1.29, 1.82) is 0 Å². The maximum absolute atomic E-state index is 4.33. The maximum Gasteiger partial charge on any atom is 0.0367 e. The third kappa shape index (κ3) is 4.32. The first kappa shape index (κ1) is 12.8. The van der Waals surface area contributed by atoms with Crippen LogP contribution in [0.25, 0.3) is 0 Å². The number of rotatable bonds is 6. The van der Waals surface area contributed by atoms with E-state index in [1.54, 1.807) is 0 Å². The fourth-order valence-corrected chi connectivity index (χ4v) is 1.76. The van der Waals surface area contributed by atoms with Crippen molar-refractivity contribution in [3.63, 3.8) is 0 Å². The molecule has 93 valence electrons. The first-order valence-corrected chi connectivity index (χ1v) is 6.33. The van der Waals surface area contributed by atoms with E-state index in [1.807, 2.05) is 18.2 Å². The summed E-state index contributed by atoms with van der Waals surface area (Å²) in [6.07, 6.45) is 0.988. The van der Waals surface area contributed by atoms with Gasteiger partial charge in [-0.25, -0.2) is 5.43 Å². The molecule has 0 aromatic heterocycles. The van der Waals surface area contributed by atoms with Gasteiger partial charge in [-0.2, -0.15) is 5.43 Å². The minimum atomic E-state index is 0.800. The monoisotopic (exact) mass is 239 g/mol. The summed E-state index contributed by atoms with van der Waals surface area (Å²) in [6.45, 7) is 3.72. The fraction of sp³-hybridized carbons (Fsp3) is 0.250. The van der Waals surface area contributed by atoms with Gasteiger partial charge in [-0.05, 0) is 24.5 Å². The second kappa shape index (κ2) is 6.94. The Morgan fingerprint density at radius 2 is 1.61 bits per heavy atom. The highest BCUT2D eigenvalue weighted by atomic mass is 15.3. The van der Waals surface area contributed by atoms with Crippen LogP contribution in [0.2, 0.25) is 0 Å². The molecule has 2 aromatic carbocycles. The van der Waals surface area contributed by atoms with E-state index in [9.17, 15) is 0 Å². The Kier molecular flexibility index (Phi) is 4.94. The van der Waals surface area contributed by atoms with Gasteiger partial charge < -0.3 is 0 Å². The molecule has 2 aromatic rings. The van der Waals surface area contributed by atoms with Crippen LogP contribution in [0.5, 0.6) is 0 Å². The molecule has 2 nitrogen and oxygen atoms in total. The Labute approximate surface area is 109 Å². The third-order valence-electron chi connectivity index (χ3n) is 2.87. The van der Waals surface area contributed by atoms with Crippen molar-refractivity contribution in [2.45, 2.75) is 19.9 Å². The first-order valence-electron chi connectivity index (χ1n) is 6.33. The van der Waals surface area contributed by atoms with Crippen molar-refractivity contribution in [2.24, 2.45) is 0 Å². The predicted molar refractivity (Wildman–Crippen MR) is 75.2 cm³/mol. The molecule has 0 bridgehead atoms. The Balaban J connectivity index is 1.63. The molecule has 18 heavy (non-hydrogen) atoms. The van der Waals surface area contributed by atoms with Crippen molar-refractivity contribution in [1.82, 2.24) is 10.9 Å². The van der Waals surface area contributed by atoms with E-state index >= 15 is 0 Å². The van der Waals surface area contributed by atoms with Crippen LogP contribution in [-0.4, -0.2) is 6.54 Å². The van der Waals surface area contributed by atoms with E-state index in [0.29, 0.717) is 0 Å². The summed E-state index contributed by atoms with van der Waals surface area (Å²) < 4.78 is 0. The van der Waals surface area contributed by atoms with Crippen molar-refractivity contribution in [3.8, 4) is 0 Å². The highest BCUT2D eigenvalue weighted by Gasteiger charge is 1.94. The molecule has 1 radical (unpaired) electrons. The molecule has 0 aliphatic carbocycles. The quantitative estimate of drug-likeness (QED) is 0.609. The summed E-state index contributed by atoms with van der Waals surface area (Å²) in [5.74, 6) is 0.